The normalized spacial score (nSPS) is 10.7. The van der Waals surface area contributed by atoms with Crippen molar-refractivity contribution in [2.75, 3.05) is 71.2 Å². The van der Waals surface area contributed by atoms with Crippen LogP contribution >= 0.6 is 12.6 Å². The summed E-state index contributed by atoms with van der Waals surface area (Å²) in [4.78, 5) is 37.3. The minimum Gasteiger partial charge on any atom is -0.355 e. The van der Waals surface area contributed by atoms with Gasteiger partial charge in [0.15, 0.2) is 0 Å². The van der Waals surface area contributed by atoms with E-state index in [-0.39, 0.29) is 17.7 Å². The van der Waals surface area contributed by atoms with Gasteiger partial charge in [-0.05, 0) is 0 Å². The van der Waals surface area contributed by atoms with Crippen molar-refractivity contribution in [2.24, 2.45) is 11.5 Å². The fourth-order valence-electron chi connectivity index (χ4n) is 2.30. The third-order valence-electron chi connectivity index (χ3n) is 3.81. The molecule has 164 valence electrons. The van der Waals surface area contributed by atoms with Gasteiger partial charge in [-0.25, -0.2) is 0 Å². The van der Waals surface area contributed by atoms with Crippen molar-refractivity contribution < 1.29 is 14.4 Å². The fraction of sp³-hybridized carbons (Fsp3) is 0.824. The average Bonchev–Trinajstić information content (AvgIpc) is 2.69. The van der Waals surface area contributed by atoms with Crippen LogP contribution in [0, 0.1) is 0 Å². The summed E-state index contributed by atoms with van der Waals surface area (Å²) >= 11 is 4.09. The Morgan fingerprint density at radius 1 is 0.679 bits per heavy atom. The van der Waals surface area contributed by atoms with Gasteiger partial charge in [0.05, 0.1) is 0 Å². The number of carbonyl (C=O) groups excluding carboxylic acids is 3. The molecule has 0 aromatic rings. The van der Waals surface area contributed by atoms with Crippen LogP contribution in [0.5, 0.6) is 0 Å². The van der Waals surface area contributed by atoms with Crippen LogP contribution in [0.3, 0.4) is 0 Å². The number of thiol groups is 1. The van der Waals surface area contributed by atoms with Crippen molar-refractivity contribution in [1.29, 1.82) is 0 Å². The standard InChI is InChI=1S/C17H37N7O3S/c18-4-7-21-16(26)2-11-24(12-3-17(27)22-8-5-19)13-9-23-15(25)1-6-20-10-14-28/h20,28H,1-14,18-19H2,(H,21,26)(H,22,27)(H,23,25). The van der Waals surface area contributed by atoms with Crippen LogP contribution in [0.2, 0.25) is 0 Å². The smallest absolute Gasteiger partial charge is 0.221 e. The molecular formula is C17H37N7O3S. The second-order valence-corrected chi connectivity index (χ2v) is 6.64. The van der Waals surface area contributed by atoms with Gasteiger partial charge in [-0.1, -0.05) is 0 Å². The number of nitrogens with zero attached hydrogens (tertiary/aromatic N) is 1. The molecule has 0 aromatic carbocycles. The summed E-state index contributed by atoms with van der Waals surface area (Å²) in [6, 6.07) is 0. The Labute approximate surface area is 173 Å². The Hall–Kier alpha value is -1.40. The van der Waals surface area contributed by atoms with E-state index >= 15 is 0 Å². The molecule has 0 radical (unpaired) electrons. The van der Waals surface area contributed by atoms with Crippen LogP contribution in [-0.2, 0) is 14.4 Å². The minimum atomic E-state index is -0.0812. The van der Waals surface area contributed by atoms with Crippen LogP contribution < -0.4 is 32.7 Å². The summed E-state index contributed by atoms with van der Waals surface area (Å²) in [6.07, 6.45) is 1.02. The lowest BCUT2D eigenvalue weighted by atomic mass is 10.3. The highest BCUT2D eigenvalue weighted by Crippen LogP contribution is 1.95. The highest BCUT2D eigenvalue weighted by atomic mass is 32.1. The molecule has 0 spiro atoms. The van der Waals surface area contributed by atoms with E-state index in [1.165, 1.54) is 0 Å². The van der Waals surface area contributed by atoms with Gasteiger partial charge in [0.1, 0.15) is 0 Å². The van der Waals surface area contributed by atoms with Crippen molar-refractivity contribution in [1.82, 2.24) is 26.2 Å². The Bertz CT molecular complexity index is 417. The monoisotopic (exact) mass is 419 g/mol. The molecule has 10 nitrogen and oxygen atoms in total. The highest BCUT2D eigenvalue weighted by molar-refractivity contribution is 7.80. The molecule has 0 bridgehead atoms. The van der Waals surface area contributed by atoms with Crippen LogP contribution in [0.15, 0.2) is 0 Å². The largest absolute Gasteiger partial charge is 0.355 e. The molecule has 0 heterocycles. The predicted octanol–water partition coefficient (Wildman–Crippen LogP) is -2.76. The Balaban J connectivity index is 4.24. The molecule has 0 rings (SSSR count). The predicted molar refractivity (Wildman–Crippen MR) is 114 cm³/mol. The Kier molecular flexibility index (Phi) is 18.0. The molecule has 0 aliphatic rings. The summed E-state index contributed by atoms with van der Waals surface area (Å²) in [5.74, 6) is 0.534. The van der Waals surface area contributed by atoms with Gasteiger partial charge in [-0.2, -0.15) is 12.6 Å². The molecule has 0 saturated carbocycles. The number of rotatable bonds is 18. The third kappa shape index (κ3) is 16.8. The number of carbonyl (C=O) groups is 3. The highest BCUT2D eigenvalue weighted by Gasteiger charge is 2.11. The summed E-state index contributed by atoms with van der Waals surface area (Å²) < 4.78 is 0. The van der Waals surface area contributed by atoms with Gasteiger partial charge in [0, 0.05) is 90.5 Å². The van der Waals surface area contributed by atoms with Crippen LogP contribution in [0.25, 0.3) is 0 Å². The first-order chi connectivity index (χ1) is 13.5. The molecule has 0 unspecified atom stereocenters. The average molecular weight is 420 g/mol. The summed E-state index contributed by atoms with van der Waals surface area (Å²) in [6.45, 7) is 5.07. The lowest BCUT2D eigenvalue weighted by Gasteiger charge is -2.22. The third-order valence-corrected chi connectivity index (χ3v) is 4.03. The zero-order valence-electron chi connectivity index (χ0n) is 16.7. The van der Waals surface area contributed by atoms with Crippen LogP contribution in [-0.4, -0.2) is 93.8 Å². The molecule has 3 amide bonds. The molecule has 28 heavy (non-hydrogen) atoms. The quantitative estimate of drug-likeness (QED) is 0.0938. The fourth-order valence-corrected chi connectivity index (χ4v) is 2.46. The van der Waals surface area contributed by atoms with Crippen molar-refractivity contribution in [2.45, 2.75) is 19.3 Å². The van der Waals surface area contributed by atoms with Crippen LogP contribution in [0.4, 0.5) is 0 Å². The second kappa shape index (κ2) is 18.9. The molecule has 0 aromatic heterocycles. The summed E-state index contributed by atoms with van der Waals surface area (Å²) in [5, 5.41) is 11.4. The van der Waals surface area contributed by atoms with E-state index in [2.05, 4.69) is 33.9 Å². The zero-order valence-corrected chi connectivity index (χ0v) is 17.6. The molecule has 0 aliphatic carbocycles. The molecule has 0 saturated heterocycles. The Morgan fingerprint density at radius 2 is 1.18 bits per heavy atom. The molecular weight excluding hydrogens is 382 g/mol. The number of hydrogen-bond donors (Lipinski definition) is 7. The van der Waals surface area contributed by atoms with Crippen molar-refractivity contribution in [3.05, 3.63) is 0 Å². The molecule has 11 heteroatoms. The van der Waals surface area contributed by atoms with Gasteiger partial charge in [0.25, 0.3) is 0 Å². The van der Waals surface area contributed by atoms with E-state index in [0.717, 1.165) is 12.3 Å². The number of hydrogen-bond acceptors (Lipinski definition) is 8. The Morgan fingerprint density at radius 3 is 1.68 bits per heavy atom. The van der Waals surface area contributed by atoms with Gasteiger partial charge in [-0.15, -0.1) is 0 Å². The van der Waals surface area contributed by atoms with E-state index in [0.29, 0.717) is 78.2 Å². The van der Waals surface area contributed by atoms with E-state index < -0.39 is 0 Å². The van der Waals surface area contributed by atoms with E-state index in [9.17, 15) is 14.4 Å². The maximum absolute atomic E-state index is 11.8. The second-order valence-electron chi connectivity index (χ2n) is 6.19. The number of amides is 3. The van der Waals surface area contributed by atoms with E-state index in [4.69, 9.17) is 11.5 Å². The number of nitrogens with one attached hydrogen (secondary N) is 4. The van der Waals surface area contributed by atoms with Gasteiger partial charge in [-0.3, -0.25) is 14.4 Å². The molecule has 0 aliphatic heterocycles. The van der Waals surface area contributed by atoms with Gasteiger partial charge < -0.3 is 37.6 Å². The topological polar surface area (TPSA) is 155 Å². The van der Waals surface area contributed by atoms with Crippen molar-refractivity contribution in [3.63, 3.8) is 0 Å². The minimum absolute atomic E-state index is 0.0343. The number of nitrogens with two attached hydrogens (primary N) is 2. The lowest BCUT2D eigenvalue weighted by Crippen LogP contribution is -2.40. The first kappa shape index (κ1) is 26.6. The van der Waals surface area contributed by atoms with Gasteiger partial charge in [0.2, 0.25) is 17.7 Å². The first-order valence-electron chi connectivity index (χ1n) is 9.77. The molecule has 0 fully saturated rings. The maximum atomic E-state index is 11.8. The lowest BCUT2D eigenvalue weighted by molar-refractivity contribution is -0.123. The van der Waals surface area contributed by atoms with Crippen molar-refractivity contribution >= 4 is 30.4 Å². The summed E-state index contributed by atoms with van der Waals surface area (Å²) in [5.41, 5.74) is 10.7. The maximum Gasteiger partial charge on any atom is 0.221 e. The molecule has 0 atom stereocenters. The zero-order chi connectivity index (χ0) is 21.0. The first-order valence-corrected chi connectivity index (χ1v) is 10.4. The molecule has 8 N–H and O–H groups in total. The van der Waals surface area contributed by atoms with Crippen molar-refractivity contribution in [3.8, 4) is 0 Å². The van der Waals surface area contributed by atoms with Crippen LogP contribution in [0.1, 0.15) is 19.3 Å². The van der Waals surface area contributed by atoms with Gasteiger partial charge >= 0.3 is 0 Å². The summed E-state index contributed by atoms with van der Waals surface area (Å²) in [7, 11) is 0. The SMILES string of the molecule is NCCNC(=O)CCN(CCNC(=O)CCNCCS)CCC(=O)NCCN. The van der Waals surface area contributed by atoms with E-state index in [1.807, 2.05) is 4.90 Å². The van der Waals surface area contributed by atoms with E-state index in [1.54, 1.807) is 0 Å².